The van der Waals surface area contributed by atoms with Crippen LogP contribution in [0.2, 0.25) is 0 Å². The van der Waals surface area contributed by atoms with Gasteiger partial charge in [-0.3, -0.25) is 0 Å². The van der Waals surface area contributed by atoms with Crippen molar-refractivity contribution in [2.75, 3.05) is 38.7 Å². The van der Waals surface area contributed by atoms with E-state index in [1.54, 1.807) is 13.3 Å². The van der Waals surface area contributed by atoms with Crippen molar-refractivity contribution >= 4 is 5.69 Å². The Hall–Kier alpha value is -1.29. The van der Waals surface area contributed by atoms with Crippen LogP contribution >= 0.6 is 0 Å². The molecule has 2 heterocycles. The van der Waals surface area contributed by atoms with Gasteiger partial charge in [0.1, 0.15) is 5.69 Å². The molecule has 1 fully saturated rings. The molecule has 1 aromatic heterocycles. The summed E-state index contributed by atoms with van der Waals surface area (Å²) < 4.78 is 5.31. The van der Waals surface area contributed by atoms with Gasteiger partial charge in [-0.1, -0.05) is 0 Å². The number of rotatable bonds is 2. The lowest BCUT2D eigenvalue weighted by Crippen LogP contribution is -2.50. The van der Waals surface area contributed by atoms with Crippen LogP contribution < -0.4 is 9.64 Å². The highest BCUT2D eigenvalue weighted by atomic mass is 16.5. The van der Waals surface area contributed by atoms with Crippen LogP contribution in [0, 0.1) is 0 Å². The summed E-state index contributed by atoms with van der Waals surface area (Å²) >= 11 is 0. The van der Waals surface area contributed by atoms with E-state index in [0.29, 0.717) is 6.04 Å². The Kier molecular flexibility index (Phi) is 3.29. The smallest absolute Gasteiger partial charge is 0.237 e. The average Bonchev–Trinajstić information content (AvgIpc) is 2.29. The topological polar surface area (TPSA) is 28.6 Å². The predicted octanol–water partition coefficient (Wildman–Crippen LogP) is 1.23. The number of piperazine rings is 1. The second kappa shape index (κ2) is 4.70. The van der Waals surface area contributed by atoms with Gasteiger partial charge in [0, 0.05) is 31.9 Å². The first-order valence-electron chi connectivity index (χ1n) is 5.66. The molecule has 1 aliphatic heterocycles. The SMILES string of the molecule is COc1ncccc1N1CCN(C)CC1C. The summed E-state index contributed by atoms with van der Waals surface area (Å²) in [6, 6.07) is 4.54. The van der Waals surface area contributed by atoms with Crippen LogP contribution in [-0.2, 0) is 0 Å². The van der Waals surface area contributed by atoms with E-state index in [4.69, 9.17) is 4.74 Å². The molecule has 0 N–H and O–H groups in total. The van der Waals surface area contributed by atoms with Gasteiger partial charge in [0.05, 0.1) is 7.11 Å². The quantitative estimate of drug-likeness (QED) is 0.751. The molecule has 4 heteroatoms. The molecule has 0 bridgehead atoms. The number of likely N-dealkylation sites (N-methyl/N-ethyl adjacent to an activating group) is 1. The van der Waals surface area contributed by atoms with E-state index in [1.807, 2.05) is 6.07 Å². The van der Waals surface area contributed by atoms with Gasteiger partial charge < -0.3 is 14.5 Å². The normalized spacial score (nSPS) is 22.2. The minimum Gasteiger partial charge on any atom is -0.480 e. The highest BCUT2D eigenvalue weighted by Gasteiger charge is 2.24. The molecule has 88 valence electrons. The number of anilines is 1. The fourth-order valence-electron chi connectivity index (χ4n) is 2.26. The first-order chi connectivity index (χ1) is 7.72. The van der Waals surface area contributed by atoms with Crippen molar-refractivity contribution in [3.05, 3.63) is 18.3 Å². The van der Waals surface area contributed by atoms with E-state index >= 15 is 0 Å². The standard InChI is InChI=1S/C12H19N3O/c1-10-9-14(2)7-8-15(10)11-5-4-6-13-12(11)16-3/h4-6,10H,7-9H2,1-3H3. The monoisotopic (exact) mass is 221 g/mol. The van der Waals surface area contributed by atoms with Crippen LogP contribution in [0.4, 0.5) is 5.69 Å². The minimum absolute atomic E-state index is 0.497. The van der Waals surface area contributed by atoms with Crippen molar-refractivity contribution in [3.63, 3.8) is 0 Å². The molecule has 1 atom stereocenters. The van der Waals surface area contributed by atoms with E-state index in [-0.39, 0.29) is 0 Å². The molecule has 1 saturated heterocycles. The lowest BCUT2D eigenvalue weighted by Gasteiger charge is -2.39. The third kappa shape index (κ3) is 2.11. The molecular weight excluding hydrogens is 202 g/mol. The van der Waals surface area contributed by atoms with Crippen molar-refractivity contribution in [1.29, 1.82) is 0 Å². The molecule has 1 aromatic rings. The summed E-state index contributed by atoms with van der Waals surface area (Å²) in [7, 11) is 3.83. The van der Waals surface area contributed by atoms with Crippen molar-refractivity contribution in [3.8, 4) is 5.88 Å². The van der Waals surface area contributed by atoms with E-state index in [1.165, 1.54) is 0 Å². The van der Waals surface area contributed by atoms with E-state index in [2.05, 4.69) is 34.8 Å². The Morgan fingerprint density at radius 2 is 2.25 bits per heavy atom. The second-order valence-electron chi connectivity index (χ2n) is 4.34. The van der Waals surface area contributed by atoms with Gasteiger partial charge in [-0.15, -0.1) is 0 Å². The molecule has 0 aliphatic carbocycles. The first kappa shape index (κ1) is 11.2. The Morgan fingerprint density at radius 1 is 1.44 bits per heavy atom. The van der Waals surface area contributed by atoms with E-state index in [9.17, 15) is 0 Å². The molecule has 1 unspecified atom stereocenters. The first-order valence-corrected chi connectivity index (χ1v) is 5.66. The second-order valence-corrected chi connectivity index (χ2v) is 4.34. The summed E-state index contributed by atoms with van der Waals surface area (Å²) in [5, 5.41) is 0. The highest BCUT2D eigenvalue weighted by Crippen LogP contribution is 2.28. The number of hydrogen-bond donors (Lipinski definition) is 0. The van der Waals surface area contributed by atoms with Gasteiger partial charge in [-0.25, -0.2) is 4.98 Å². The maximum atomic E-state index is 5.31. The number of aromatic nitrogens is 1. The zero-order valence-electron chi connectivity index (χ0n) is 10.2. The number of pyridine rings is 1. The van der Waals surface area contributed by atoms with Crippen LogP contribution in [0.1, 0.15) is 6.92 Å². The van der Waals surface area contributed by atoms with Crippen LogP contribution in [0.25, 0.3) is 0 Å². The largest absolute Gasteiger partial charge is 0.480 e. The van der Waals surface area contributed by atoms with Gasteiger partial charge in [0.25, 0.3) is 0 Å². The molecular formula is C12H19N3O. The fourth-order valence-corrected chi connectivity index (χ4v) is 2.26. The molecule has 0 aromatic carbocycles. The van der Waals surface area contributed by atoms with Crippen LogP contribution in [-0.4, -0.2) is 49.7 Å². The lowest BCUT2D eigenvalue weighted by molar-refractivity contribution is 0.273. The Bertz CT molecular complexity index is 356. The van der Waals surface area contributed by atoms with Crippen molar-refractivity contribution in [2.45, 2.75) is 13.0 Å². The highest BCUT2D eigenvalue weighted by molar-refractivity contribution is 5.55. The summed E-state index contributed by atoms with van der Waals surface area (Å²) in [5.74, 6) is 0.721. The molecule has 0 radical (unpaired) electrons. The molecule has 4 nitrogen and oxygen atoms in total. The number of methoxy groups -OCH3 is 1. The third-order valence-electron chi connectivity index (χ3n) is 3.08. The zero-order chi connectivity index (χ0) is 11.5. The Labute approximate surface area is 96.8 Å². The molecule has 2 rings (SSSR count). The van der Waals surface area contributed by atoms with Gasteiger partial charge in [-0.05, 0) is 26.1 Å². The average molecular weight is 221 g/mol. The zero-order valence-corrected chi connectivity index (χ0v) is 10.2. The van der Waals surface area contributed by atoms with Crippen molar-refractivity contribution < 1.29 is 4.74 Å². The fraction of sp³-hybridized carbons (Fsp3) is 0.583. The molecule has 0 spiro atoms. The van der Waals surface area contributed by atoms with Gasteiger partial charge in [0.15, 0.2) is 0 Å². The molecule has 0 saturated carbocycles. The predicted molar refractivity (Wildman–Crippen MR) is 65.1 cm³/mol. The van der Waals surface area contributed by atoms with E-state index in [0.717, 1.165) is 31.2 Å². The molecule has 1 aliphatic rings. The summed E-state index contributed by atoms with van der Waals surface area (Å²) in [4.78, 5) is 8.97. The summed E-state index contributed by atoms with van der Waals surface area (Å²) in [6.07, 6.45) is 1.77. The number of ether oxygens (including phenoxy) is 1. The van der Waals surface area contributed by atoms with Crippen molar-refractivity contribution in [1.82, 2.24) is 9.88 Å². The van der Waals surface area contributed by atoms with Crippen molar-refractivity contribution in [2.24, 2.45) is 0 Å². The minimum atomic E-state index is 0.497. The third-order valence-corrected chi connectivity index (χ3v) is 3.08. The van der Waals surface area contributed by atoms with E-state index < -0.39 is 0 Å². The molecule has 0 amide bonds. The van der Waals surface area contributed by atoms with Crippen LogP contribution in [0.3, 0.4) is 0 Å². The Morgan fingerprint density at radius 3 is 2.94 bits per heavy atom. The van der Waals surface area contributed by atoms with Gasteiger partial charge in [0.2, 0.25) is 5.88 Å². The maximum Gasteiger partial charge on any atom is 0.237 e. The summed E-state index contributed by atoms with van der Waals surface area (Å²) in [6.45, 7) is 5.43. The van der Waals surface area contributed by atoms with Crippen LogP contribution in [0.15, 0.2) is 18.3 Å². The van der Waals surface area contributed by atoms with Crippen LogP contribution in [0.5, 0.6) is 5.88 Å². The summed E-state index contributed by atoms with van der Waals surface area (Å²) in [5.41, 5.74) is 1.10. The Balaban J connectivity index is 2.23. The number of hydrogen-bond acceptors (Lipinski definition) is 4. The van der Waals surface area contributed by atoms with Gasteiger partial charge >= 0.3 is 0 Å². The lowest BCUT2D eigenvalue weighted by atomic mass is 10.2. The molecule has 16 heavy (non-hydrogen) atoms. The van der Waals surface area contributed by atoms with Gasteiger partial charge in [-0.2, -0.15) is 0 Å². The number of nitrogens with zero attached hydrogens (tertiary/aromatic N) is 3. The maximum absolute atomic E-state index is 5.31.